The fourth-order valence-electron chi connectivity index (χ4n) is 4.18. The first-order valence-corrected chi connectivity index (χ1v) is 12.4. The molecule has 0 aliphatic carbocycles. The minimum Gasteiger partial charge on any atom is -0.492 e. The molecule has 0 radical (unpaired) electrons. The minimum absolute atomic E-state index is 0.0380. The highest BCUT2D eigenvalue weighted by atomic mass is 35.5. The van der Waals surface area contributed by atoms with E-state index in [2.05, 4.69) is 10.2 Å². The van der Waals surface area contributed by atoms with Crippen molar-refractivity contribution in [3.05, 3.63) is 46.4 Å². The standard InChI is InChI=1S/C25H29Cl2N3O4/c26-18-6-8-22(20(27)15-18)33-14-4-5-24(31)28-19-7-9-23-21(16-19)30(25(32)17-34-23)13-12-29-10-2-1-3-11-29/h6-9,15-16H,1-5,10-14,17H2,(H,28,31). The first-order chi connectivity index (χ1) is 16.5. The van der Waals surface area contributed by atoms with Crippen molar-refractivity contribution in [2.75, 3.05) is 49.6 Å². The van der Waals surface area contributed by atoms with Crippen LogP contribution in [0.15, 0.2) is 36.4 Å². The van der Waals surface area contributed by atoms with Gasteiger partial charge in [-0.1, -0.05) is 29.6 Å². The first kappa shape index (κ1) is 24.6. The second kappa shape index (κ2) is 11.8. The molecule has 7 nitrogen and oxygen atoms in total. The van der Waals surface area contributed by atoms with E-state index in [0.717, 1.165) is 19.6 Å². The monoisotopic (exact) mass is 505 g/mol. The molecule has 2 heterocycles. The molecule has 2 aliphatic heterocycles. The van der Waals surface area contributed by atoms with Crippen molar-refractivity contribution >= 4 is 46.4 Å². The van der Waals surface area contributed by atoms with E-state index in [1.165, 1.54) is 19.3 Å². The predicted octanol–water partition coefficient (Wildman–Crippen LogP) is 5.00. The SMILES string of the molecule is O=C(CCCOc1ccc(Cl)cc1Cl)Nc1ccc2c(c1)N(CCN1CCCCC1)C(=O)CO2. The van der Waals surface area contributed by atoms with E-state index in [9.17, 15) is 9.59 Å². The molecule has 0 saturated carbocycles. The fourth-order valence-corrected chi connectivity index (χ4v) is 4.64. The summed E-state index contributed by atoms with van der Waals surface area (Å²) in [6.07, 6.45) is 4.51. The van der Waals surface area contributed by atoms with Gasteiger partial charge in [0.15, 0.2) is 6.61 Å². The number of halogens is 2. The molecule has 0 bridgehead atoms. The molecule has 0 atom stereocenters. The summed E-state index contributed by atoms with van der Waals surface area (Å²) in [6, 6.07) is 10.4. The van der Waals surface area contributed by atoms with Crippen LogP contribution in [-0.2, 0) is 9.59 Å². The Hall–Kier alpha value is -2.48. The minimum atomic E-state index is -0.131. The summed E-state index contributed by atoms with van der Waals surface area (Å²) in [4.78, 5) is 29.2. The van der Waals surface area contributed by atoms with Gasteiger partial charge in [0, 0.05) is 30.2 Å². The molecule has 9 heteroatoms. The van der Waals surface area contributed by atoms with E-state index < -0.39 is 0 Å². The zero-order valence-electron chi connectivity index (χ0n) is 19.0. The van der Waals surface area contributed by atoms with Gasteiger partial charge in [-0.15, -0.1) is 0 Å². The molecule has 182 valence electrons. The molecule has 1 fully saturated rings. The maximum absolute atomic E-state index is 12.6. The molecule has 0 spiro atoms. The smallest absolute Gasteiger partial charge is 0.265 e. The molecular formula is C25H29Cl2N3O4. The van der Waals surface area contributed by atoms with Gasteiger partial charge in [0.05, 0.1) is 17.3 Å². The van der Waals surface area contributed by atoms with Crippen LogP contribution >= 0.6 is 23.2 Å². The zero-order chi connectivity index (χ0) is 23.9. The quantitative estimate of drug-likeness (QED) is 0.485. The van der Waals surface area contributed by atoms with Crippen LogP contribution in [0.1, 0.15) is 32.1 Å². The lowest BCUT2D eigenvalue weighted by Gasteiger charge is -2.33. The topological polar surface area (TPSA) is 71.1 Å². The molecule has 0 aromatic heterocycles. The van der Waals surface area contributed by atoms with Crippen LogP contribution in [0.3, 0.4) is 0 Å². The largest absolute Gasteiger partial charge is 0.492 e. The van der Waals surface area contributed by atoms with Gasteiger partial charge in [-0.25, -0.2) is 0 Å². The number of hydrogen-bond donors (Lipinski definition) is 1. The van der Waals surface area contributed by atoms with E-state index in [-0.39, 0.29) is 24.8 Å². The van der Waals surface area contributed by atoms with Crippen molar-refractivity contribution in [1.82, 2.24) is 4.90 Å². The van der Waals surface area contributed by atoms with Crippen LogP contribution in [0.5, 0.6) is 11.5 Å². The maximum Gasteiger partial charge on any atom is 0.265 e. The Balaban J connectivity index is 1.29. The van der Waals surface area contributed by atoms with Crippen molar-refractivity contribution in [3.8, 4) is 11.5 Å². The molecule has 2 aromatic rings. The van der Waals surface area contributed by atoms with E-state index >= 15 is 0 Å². The van der Waals surface area contributed by atoms with Crippen molar-refractivity contribution in [1.29, 1.82) is 0 Å². The third-order valence-electron chi connectivity index (χ3n) is 5.97. The van der Waals surface area contributed by atoms with Crippen molar-refractivity contribution in [3.63, 3.8) is 0 Å². The van der Waals surface area contributed by atoms with Crippen LogP contribution in [0, 0.1) is 0 Å². The molecule has 2 amide bonds. The van der Waals surface area contributed by atoms with Gasteiger partial charge in [0.2, 0.25) is 5.91 Å². The van der Waals surface area contributed by atoms with E-state index in [0.29, 0.717) is 52.5 Å². The summed E-state index contributed by atoms with van der Waals surface area (Å²) in [5.41, 5.74) is 1.33. The van der Waals surface area contributed by atoms with Crippen LogP contribution in [0.25, 0.3) is 0 Å². The number of anilines is 2. The number of carbonyl (C=O) groups excluding carboxylic acids is 2. The van der Waals surface area contributed by atoms with Crippen LogP contribution in [0.2, 0.25) is 10.0 Å². The Kier molecular flexibility index (Phi) is 8.53. The number of fused-ring (bicyclic) bond motifs is 1. The number of hydrogen-bond acceptors (Lipinski definition) is 5. The second-order valence-electron chi connectivity index (χ2n) is 8.49. The molecule has 2 aromatic carbocycles. The Morgan fingerprint density at radius 1 is 1.06 bits per heavy atom. The van der Waals surface area contributed by atoms with Crippen LogP contribution < -0.4 is 19.7 Å². The Morgan fingerprint density at radius 2 is 1.88 bits per heavy atom. The number of ether oxygens (including phenoxy) is 2. The van der Waals surface area contributed by atoms with Crippen molar-refractivity contribution in [2.24, 2.45) is 0 Å². The molecule has 2 aliphatic rings. The normalized spacial score (nSPS) is 16.1. The third kappa shape index (κ3) is 6.56. The van der Waals surface area contributed by atoms with Crippen molar-refractivity contribution in [2.45, 2.75) is 32.1 Å². The number of piperidine rings is 1. The Morgan fingerprint density at radius 3 is 2.68 bits per heavy atom. The highest BCUT2D eigenvalue weighted by Gasteiger charge is 2.26. The van der Waals surface area contributed by atoms with Crippen molar-refractivity contribution < 1.29 is 19.1 Å². The lowest BCUT2D eigenvalue weighted by molar-refractivity contribution is -0.121. The van der Waals surface area contributed by atoms with E-state index in [1.54, 1.807) is 35.2 Å². The summed E-state index contributed by atoms with van der Waals surface area (Å²) in [6.45, 7) is 3.99. The number of benzene rings is 2. The summed E-state index contributed by atoms with van der Waals surface area (Å²) in [5.74, 6) is 1.000. The van der Waals surface area contributed by atoms with E-state index in [1.807, 2.05) is 6.07 Å². The molecule has 0 unspecified atom stereocenters. The lowest BCUT2D eigenvalue weighted by Crippen LogP contribution is -2.44. The van der Waals surface area contributed by atoms with Gasteiger partial charge in [-0.3, -0.25) is 9.59 Å². The van der Waals surface area contributed by atoms with Crippen LogP contribution in [0.4, 0.5) is 11.4 Å². The Bertz CT molecular complexity index is 1030. The molecular weight excluding hydrogens is 477 g/mol. The van der Waals surface area contributed by atoms with Gasteiger partial charge in [-0.2, -0.15) is 0 Å². The average molecular weight is 506 g/mol. The number of carbonyl (C=O) groups is 2. The summed E-state index contributed by atoms with van der Waals surface area (Å²) < 4.78 is 11.2. The maximum atomic E-state index is 12.6. The van der Waals surface area contributed by atoms with Gasteiger partial charge >= 0.3 is 0 Å². The summed E-state index contributed by atoms with van der Waals surface area (Å²) in [5, 5.41) is 3.89. The summed E-state index contributed by atoms with van der Waals surface area (Å²) in [7, 11) is 0. The lowest BCUT2D eigenvalue weighted by atomic mass is 10.1. The molecule has 4 rings (SSSR count). The third-order valence-corrected chi connectivity index (χ3v) is 6.50. The zero-order valence-corrected chi connectivity index (χ0v) is 20.5. The van der Waals surface area contributed by atoms with Crippen LogP contribution in [-0.4, -0.2) is 56.1 Å². The highest BCUT2D eigenvalue weighted by molar-refractivity contribution is 6.35. The highest BCUT2D eigenvalue weighted by Crippen LogP contribution is 2.34. The summed E-state index contributed by atoms with van der Waals surface area (Å²) >= 11 is 12.0. The fraction of sp³-hybridized carbons (Fsp3) is 0.440. The second-order valence-corrected chi connectivity index (χ2v) is 9.34. The predicted molar refractivity (Wildman–Crippen MR) is 134 cm³/mol. The molecule has 34 heavy (non-hydrogen) atoms. The van der Waals surface area contributed by atoms with Gasteiger partial charge in [0.25, 0.3) is 5.91 Å². The Labute approximate surface area is 209 Å². The number of likely N-dealkylation sites (tertiary alicyclic amines) is 1. The molecule has 1 N–H and O–H groups in total. The number of nitrogens with zero attached hydrogens (tertiary/aromatic N) is 2. The van der Waals surface area contributed by atoms with Gasteiger partial charge in [0.1, 0.15) is 11.5 Å². The van der Waals surface area contributed by atoms with Gasteiger partial charge in [-0.05, 0) is 68.8 Å². The number of rotatable bonds is 9. The van der Waals surface area contributed by atoms with E-state index in [4.69, 9.17) is 32.7 Å². The number of amides is 2. The van der Waals surface area contributed by atoms with Gasteiger partial charge < -0.3 is 24.6 Å². The first-order valence-electron chi connectivity index (χ1n) is 11.7. The average Bonchev–Trinajstić information content (AvgIpc) is 2.83. The molecule has 1 saturated heterocycles. The number of nitrogens with one attached hydrogen (secondary N) is 1.